The quantitative estimate of drug-likeness (QED) is 0.366. The van der Waals surface area contributed by atoms with E-state index in [1.807, 2.05) is 13.8 Å². The van der Waals surface area contributed by atoms with Gasteiger partial charge in [0.1, 0.15) is 6.29 Å². The monoisotopic (exact) mass is 314 g/mol. The number of hydrogen-bond donors (Lipinski definition) is 1. The number of hydrogen-bond acceptors (Lipinski definition) is 3. The molecule has 0 aromatic heterocycles. The van der Waals surface area contributed by atoms with Gasteiger partial charge in [-0.3, -0.25) is 0 Å². The molecule has 0 aliphatic heterocycles. The average Bonchev–Trinajstić information content (AvgIpc) is 2.46. The Labute approximate surface area is 137 Å². The van der Waals surface area contributed by atoms with Gasteiger partial charge in [-0.05, 0) is 39.5 Å². The van der Waals surface area contributed by atoms with Gasteiger partial charge < -0.3 is 14.6 Å². The van der Waals surface area contributed by atoms with Crippen molar-refractivity contribution in [1.29, 1.82) is 0 Å². The molecule has 0 radical (unpaired) electrons. The molecule has 0 rings (SSSR count). The fraction of sp³-hybridized carbons (Fsp3) is 0.947. The average molecular weight is 315 g/mol. The largest absolute Gasteiger partial charge is 0.393 e. The summed E-state index contributed by atoms with van der Waals surface area (Å²) in [5.74, 6) is 0. The van der Waals surface area contributed by atoms with E-state index in [0.717, 1.165) is 70.5 Å². The topological polar surface area (TPSA) is 46.5 Å². The third-order valence-electron chi connectivity index (χ3n) is 4.55. The van der Waals surface area contributed by atoms with E-state index in [1.54, 1.807) is 7.11 Å². The summed E-state index contributed by atoms with van der Waals surface area (Å²) in [5.41, 5.74) is -0.206. The molecule has 0 bridgehead atoms. The molecule has 0 aliphatic carbocycles. The van der Waals surface area contributed by atoms with Gasteiger partial charge in [0.25, 0.3) is 0 Å². The van der Waals surface area contributed by atoms with Crippen LogP contribution in [0, 0.1) is 5.41 Å². The van der Waals surface area contributed by atoms with Crippen LogP contribution in [-0.4, -0.2) is 30.2 Å². The number of rotatable bonds is 14. The second-order valence-corrected chi connectivity index (χ2v) is 7.92. The van der Waals surface area contributed by atoms with Gasteiger partial charge in [0.05, 0.1) is 11.7 Å². The molecule has 0 aromatic carbocycles. The van der Waals surface area contributed by atoms with E-state index in [0.29, 0.717) is 0 Å². The number of unbranched alkanes of at least 4 members (excludes halogenated alkanes) is 4. The maximum absolute atomic E-state index is 10.8. The predicted octanol–water partition coefficient (Wildman–Crippen LogP) is 4.90. The first-order chi connectivity index (χ1) is 10.2. The molecule has 0 heterocycles. The lowest BCUT2D eigenvalue weighted by Gasteiger charge is -2.22. The Morgan fingerprint density at radius 3 is 1.86 bits per heavy atom. The van der Waals surface area contributed by atoms with Crippen LogP contribution < -0.4 is 0 Å². The van der Waals surface area contributed by atoms with E-state index in [4.69, 9.17) is 4.74 Å². The van der Waals surface area contributed by atoms with E-state index in [-0.39, 0.29) is 17.1 Å². The lowest BCUT2D eigenvalue weighted by molar-refractivity contribution is -0.115. The third-order valence-corrected chi connectivity index (χ3v) is 4.55. The van der Waals surface area contributed by atoms with Crippen LogP contribution in [0.3, 0.4) is 0 Å². The molecule has 3 heteroatoms. The SMILES string of the molecule is COC(C)(C)CCCCCC(O)CCCCCC(C)(C)C=O. The Morgan fingerprint density at radius 1 is 0.909 bits per heavy atom. The van der Waals surface area contributed by atoms with Crippen LogP contribution >= 0.6 is 0 Å². The molecule has 0 aromatic rings. The highest BCUT2D eigenvalue weighted by Gasteiger charge is 2.16. The van der Waals surface area contributed by atoms with Crippen molar-refractivity contribution in [1.82, 2.24) is 0 Å². The number of ether oxygens (including phenoxy) is 1. The second-order valence-electron chi connectivity index (χ2n) is 7.92. The number of aldehydes is 1. The Bertz CT molecular complexity index is 284. The van der Waals surface area contributed by atoms with Crippen molar-refractivity contribution in [3.05, 3.63) is 0 Å². The Morgan fingerprint density at radius 2 is 1.41 bits per heavy atom. The standard InChI is InChI=1S/C19H38O3/c1-18(2,16-20)14-10-6-8-12-17(21)13-9-7-11-15-19(3,4)22-5/h16-17,21H,6-15H2,1-5H3. The summed E-state index contributed by atoms with van der Waals surface area (Å²) in [7, 11) is 1.76. The minimum Gasteiger partial charge on any atom is -0.393 e. The summed E-state index contributed by atoms with van der Waals surface area (Å²) < 4.78 is 5.40. The summed E-state index contributed by atoms with van der Waals surface area (Å²) in [5, 5.41) is 9.98. The molecule has 0 saturated carbocycles. The van der Waals surface area contributed by atoms with Crippen molar-refractivity contribution in [2.75, 3.05) is 7.11 Å². The molecular weight excluding hydrogens is 276 g/mol. The van der Waals surface area contributed by atoms with Gasteiger partial charge in [0.15, 0.2) is 0 Å². The number of methoxy groups -OCH3 is 1. The van der Waals surface area contributed by atoms with E-state index in [9.17, 15) is 9.90 Å². The molecule has 1 N–H and O–H groups in total. The molecule has 0 aliphatic rings. The highest BCUT2D eigenvalue weighted by atomic mass is 16.5. The minimum atomic E-state index is -0.186. The molecule has 0 amide bonds. The van der Waals surface area contributed by atoms with E-state index >= 15 is 0 Å². The van der Waals surface area contributed by atoms with Crippen LogP contribution in [0.2, 0.25) is 0 Å². The van der Waals surface area contributed by atoms with Gasteiger partial charge in [-0.15, -0.1) is 0 Å². The summed E-state index contributed by atoms with van der Waals surface area (Å²) >= 11 is 0. The first kappa shape index (κ1) is 21.6. The Kier molecular flexibility index (Phi) is 11.0. The summed E-state index contributed by atoms with van der Waals surface area (Å²) in [6, 6.07) is 0. The zero-order chi connectivity index (χ0) is 17.1. The molecule has 0 fully saturated rings. The molecule has 1 unspecified atom stereocenters. The predicted molar refractivity (Wildman–Crippen MR) is 93.1 cm³/mol. The zero-order valence-corrected chi connectivity index (χ0v) is 15.5. The second kappa shape index (κ2) is 11.2. The smallest absolute Gasteiger partial charge is 0.125 e. The van der Waals surface area contributed by atoms with Crippen LogP contribution in [-0.2, 0) is 9.53 Å². The molecule has 132 valence electrons. The number of aliphatic hydroxyl groups excluding tert-OH is 1. The minimum absolute atomic E-state index is 0.0199. The zero-order valence-electron chi connectivity index (χ0n) is 15.5. The van der Waals surface area contributed by atoms with Crippen LogP contribution in [0.1, 0.15) is 91.9 Å². The number of carbonyl (C=O) groups excluding carboxylic acids is 1. The molecule has 3 nitrogen and oxygen atoms in total. The highest BCUT2D eigenvalue weighted by Crippen LogP contribution is 2.22. The Balaban J connectivity index is 3.47. The van der Waals surface area contributed by atoms with Gasteiger partial charge in [0, 0.05) is 12.5 Å². The first-order valence-corrected chi connectivity index (χ1v) is 8.92. The third kappa shape index (κ3) is 12.2. The lowest BCUT2D eigenvalue weighted by atomic mass is 9.88. The van der Waals surface area contributed by atoms with Crippen molar-refractivity contribution in [2.45, 2.75) is 104 Å². The van der Waals surface area contributed by atoms with E-state index in [1.165, 1.54) is 0 Å². The number of carbonyl (C=O) groups is 1. The normalized spacial score (nSPS) is 14.1. The van der Waals surface area contributed by atoms with Gasteiger partial charge in [-0.25, -0.2) is 0 Å². The highest BCUT2D eigenvalue weighted by molar-refractivity contribution is 5.57. The maximum atomic E-state index is 10.8. The number of aliphatic hydroxyl groups is 1. The summed E-state index contributed by atoms with van der Waals surface area (Å²) in [6.45, 7) is 8.21. The lowest BCUT2D eigenvalue weighted by Crippen LogP contribution is -2.21. The van der Waals surface area contributed by atoms with Gasteiger partial charge in [0.2, 0.25) is 0 Å². The van der Waals surface area contributed by atoms with Gasteiger partial charge in [-0.1, -0.05) is 52.4 Å². The van der Waals surface area contributed by atoms with Crippen molar-refractivity contribution in [3.63, 3.8) is 0 Å². The van der Waals surface area contributed by atoms with Crippen molar-refractivity contribution in [3.8, 4) is 0 Å². The summed E-state index contributed by atoms with van der Waals surface area (Å²) in [6.07, 6.45) is 11.4. The van der Waals surface area contributed by atoms with Crippen molar-refractivity contribution < 1.29 is 14.6 Å². The first-order valence-electron chi connectivity index (χ1n) is 8.92. The van der Waals surface area contributed by atoms with Crippen molar-refractivity contribution >= 4 is 6.29 Å². The van der Waals surface area contributed by atoms with Crippen molar-refractivity contribution in [2.24, 2.45) is 5.41 Å². The summed E-state index contributed by atoms with van der Waals surface area (Å²) in [4.78, 5) is 10.8. The van der Waals surface area contributed by atoms with E-state index < -0.39 is 0 Å². The van der Waals surface area contributed by atoms with E-state index in [2.05, 4.69) is 13.8 Å². The van der Waals surface area contributed by atoms with Gasteiger partial charge in [-0.2, -0.15) is 0 Å². The molecule has 1 atom stereocenters. The molecular formula is C19H38O3. The molecule has 0 spiro atoms. The Hall–Kier alpha value is -0.410. The molecule has 0 saturated heterocycles. The van der Waals surface area contributed by atoms with Crippen LogP contribution in [0.4, 0.5) is 0 Å². The van der Waals surface area contributed by atoms with Crippen LogP contribution in [0.5, 0.6) is 0 Å². The fourth-order valence-electron chi connectivity index (χ4n) is 2.55. The fourth-order valence-corrected chi connectivity index (χ4v) is 2.55. The van der Waals surface area contributed by atoms with Gasteiger partial charge >= 0.3 is 0 Å². The molecule has 22 heavy (non-hydrogen) atoms. The maximum Gasteiger partial charge on any atom is 0.125 e. The van der Waals surface area contributed by atoms with Crippen LogP contribution in [0.25, 0.3) is 0 Å². The van der Waals surface area contributed by atoms with Crippen LogP contribution in [0.15, 0.2) is 0 Å².